The van der Waals surface area contributed by atoms with Gasteiger partial charge in [-0.25, -0.2) is 8.42 Å². The van der Waals surface area contributed by atoms with Crippen molar-refractivity contribution in [2.24, 2.45) is 0 Å². The summed E-state index contributed by atoms with van der Waals surface area (Å²) in [6, 6.07) is 15.7. The zero-order valence-corrected chi connectivity index (χ0v) is 17.5. The van der Waals surface area contributed by atoms with Crippen LogP contribution in [-0.4, -0.2) is 43.3 Å². The summed E-state index contributed by atoms with van der Waals surface area (Å²) in [5, 5.41) is -0.0493. The summed E-state index contributed by atoms with van der Waals surface area (Å²) < 4.78 is 32.3. The van der Waals surface area contributed by atoms with E-state index in [0.29, 0.717) is 18.7 Å². The van der Waals surface area contributed by atoms with Crippen molar-refractivity contribution < 1.29 is 17.9 Å². The fourth-order valence-electron chi connectivity index (χ4n) is 3.33. The summed E-state index contributed by atoms with van der Waals surface area (Å²) in [5.74, 6) is 1.51. The van der Waals surface area contributed by atoms with Gasteiger partial charge in [-0.2, -0.15) is 4.31 Å². The number of carbonyl (C=O) groups excluding carboxylic acids is 1. The molecule has 0 radical (unpaired) electrons. The Bertz CT molecular complexity index is 882. The molecular formula is C21H25NO4S2. The van der Waals surface area contributed by atoms with Gasteiger partial charge in [0.05, 0.1) is 18.0 Å². The molecule has 0 amide bonds. The summed E-state index contributed by atoms with van der Waals surface area (Å²) in [6.07, 6.45) is 3.05. The molecule has 0 spiro atoms. The number of aryl methyl sites for hydroxylation is 1. The lowest BCUT2D eigenvalue weighted by Gasteiger charge is -2.22. The topological polar surface area (TPSA) is 63.7 Å². The van der Waals surface area contributed by atoms with Crippen LogP contribution in [-0.2, 0) is 21.2 Å². The van der Waals surface area contributed by atoms with E-state index in [-0.39, 0.29) is 10.0 Å². The van der Waals surface area contributed by atoms with Gasteiger partial charge in [0, 0.05) is 12.3 Å². The first-order valence-corrected chi connectivity index (χ1v) is 11.8. The van der Waals surface area contributed by atoms with Crippen molar-refractivity contribution in [1.82, 2.24) is 4.31 Å². The SMILES string of the molecule is COc1ccc(CCCSC(=O)C2CCCN2S(=O)(=O)c2ccccc2)cc1. The van der Waals surface area contributed by atoms with Crippen molar-refractivity contribution in [2.75, 3.05) is 19.4 Å². The van der Waals surface area contributed by atoms with Crippen molar-refractivity contribution in [3.8, 4) is 5.75 Å². The van der Waals surface area contributed by atoms with E-state index >= 15 is 0 Å². The predicted molar refractivity (Wildman–Crippen MR) is 112 cm³/mol. The highest BCUT2D eigenvalue weighted by atomic mass is 32.2. The average Bonchev–Trinajstić information content (AvgIpc) is 3.23. The van der Waals surface area contributed by atoms with Crippen LogP contribution < -0.4 is 4.74 Å². The second-order valence-electron chi connectivity index (χ2n) is 6.71. The van der Waals surface area contributed by atoms with Crippen molar-refractivity contribution in [2.45, 2.75) is 36.6 Å². The van der Waals surface area contributed by atoms with Crippen LogP contribution in [0.2, 0.25) is 0 Å². The number of methoxy groups -OCH3 is 1. The summed E-state index contributed by atoms with van der Waals surface area (Å²) in [7, 11) is -1.99. The summed E-state index contributed by atoms with van der Waals surface area (Å²) >= 11 is 1.25. The van der Waals surface area contributed by atoms with Crippen LogP contribution in [0.1, 0.15) is 24.8 Å². The second-order valence-corrected chi connectivity index (χ2v) is 9.70. The van der Waals surface area contributed by atoms with Crippen molar-refractivity contribution in [3.63, 3.8) is 0 Å². The van der Waals surface area contributed by atoms with Gasteiger partial charge in [-0.3, -0.25) is 4.79 Å². The van der Waals surface area contributed by atoms with Gasteiger partial charge in [-0.15, -0.1) is 0 Å². The maximum atomic E-state index is 12.9. The summed E-state index contributed by atoms with van der Waals surface area (Å²) in [5.41, 5.74) is 1.20. The van der Waals surface area contributed by atoms with Gasteiger partial charge < -0.3 is 4.74 Å². The zero-order chi connectivity index (χ0) is 20.0. The van der Waals surface area contributed by atoms with Crippen LogP contribution in [0.4, 0.5) is 0 Å². The number of hydrogen-bond acceptors (Lipinski definition) is 5. The number of benzene rings is 2. The molecule has 1 fully saturated rings. The van der Waals surface area contributed by atoms with E-state index in [1.807, 2.05) is 24.3 Å². The molecule has 7 heteroatoms. The Kier molecular flexibility index (Phi) is 7.15. The minimum absolute atomic E-state index is 0.0493. The van der Waals surface area contributed by atoms with Gasteiger partial charge in [0.2, 0.25) is 15.1 Å². The number of hydrogen-bond donors (Lipinski definition) is 0. The molecule has 2 aromatic rings. The third-order valence-corrected chi connectivity index (χ3v) is 7.81. The van der Waals surface area contributed by atoms with Gasteiger partial charge in [0.25, 0.3) is 0 Å². The molecule has 150 valence electrons. The number of nitrogens with zero attached hydrogens (tertiary/aromatic N) is 1. The molecule has 3 rings (SSSR count). The maximum absolute atomic E-state index is 12.9. The van der Waals surface area contributed by atoms with E-state index in [1.54, 1.807) is 37.4 Å². The van der Waals surface area contributed by atoms with Gasteiger partial charge in [0.15, 0.2) is 0 Å². The Morgan fingerprint density at radius 1 is 1.14 bits per heavy atom. The molecule has 1 aliphatic heterocycles. The van der Waals surface area contributed by atoms with E-state index < -0.39 is 16.1 Å². The van der Waals surface area contributed by atoms with Crippen molar-refractivity contribution in [1.29, 1.82) is 0 Å². The van der Waals surface area contributed by atoms with Gasteiger partial charge >= 0.3 is 0 Å². The minimum Gasteiger partial charge on any atom is -0.497 e. The third kappa shape index (κ3) is 4.96. The maximum Gasteiger partial charge on any atom is 0.243 e. The van der Waals surface area contributed by atoms with E-state index in [4.69, 9.17) is 4.74 Å². The van der Waals surface area contributed by atoms with Crippen LogP contribution in [0, 0.1) is 0 Å². The van der Waals surface area contributed by atoms with Gasteiger partial charge in [0.1, 0.15) is 5.75 Å². The molecule has 0 aromatic heterocycles. The van der Waals surface area contributed by atoms with E-state index in [0.717, 1.165) is 25.0 Å². The molecule has 0 saturated carbocycles. The largest absolute Gasteiger partial charge is 0.497 e. The fourth-order valence-corrected chi connectivity index (χ4v) is 6.00. The Labute approximate surface area is 171 Å². The number of thioether (sulfide) groups is 1. The lowest BCUT2D eigenvalue weighted by molar-refractivity contribution is -0.113. The van der Waals surface area contributed by atoms with Crippen LogP contribution >= 0.6 is 11.8 Å². The highest BCUT2D eigenvalue weighted by Gasteiger charge is 2.39. The monoisotopic (exact) mass is 419 g/mol. The van der Waals surface area contributed by atoms with Gasteiger partial charge in [-0.05, 0) is 55.5 Å². The lowest BCUT2D eigenvalue weighted by Crippen LogP contribution is -2.39. The summed E-state index contributed by atoms with van der Waals surface area (Å²) in [6.45, 7) is 0.403. The molecule has 1 aliphatic rings. The van der Waals surface area contributed by atoms with Crippen molar-refractivity contribution >= 4 is 26.9 Å². The number of rotatable bonds is 8. The molecule has 1 heterocycles. The molecule has 0 N–H and O–H groups in total. The Morgan fingerprint density at radius 2 is 1.86 bits per heavy atom. The molecule has 1 unspecified atom stereocenters. The molecular weight excluding hydrogens is 394 g/mol. The molecule has 0 aliphatic carbocycles. The molecule has 5 nitrogen and oxygen atoms in total. The van der Waals surface area contributed by atoms with Crippen LogP contribution in [0.25, 0.3) is 0 Å². The predicted octanol–water partition coefficient (Wildman–Crippen LogP) is 3.74. The molecule has 1 saturated heterocycles. The standard InChI is InChI=1S/C21H25NO4S2/c1-26-18-13-11-17(12-14-18)7-6-16-27-21(23)20-10-5-15-22(20)28(24,25)19-8-3-2-4-9-19/h2-4,8-9,11-14,20H,5-7,10,15-16H2,1H3. The van der Waals surface area contributed by atoms with Gasteiger partial charge in [-0.1, -0.05) is 42.1 Å². The molecule has 1 atom stereocenters. The van der Waals surface area contributed by atoms with Crippen molar-refractivity contribution in [3.05, 3.63) is 60.2 Å². The van der Waals surface area contributed by atoms with E-state index in [2.05, 4.69) is 0 Å². The van der Waals surface area contributed by atoms with Crippen LogP contribution in [0.5, 0.6) is 5.75 Å². The molecule has 28 heavy (non-hydrogen) atoms. The van der Waals surface area contributed by atoms with E-state index in [1.165, 1.54) is 21.6 Å². The first kappa shape index (κ1) is 20.9. The third-order valence-electron chi connectivity index (χ3n) is 4.84. The first-order valence-electron chi connectivity index (χ1n) is 9.39. The average molecular weight is 420 g/mol. The van der Waals surface area contributed by atoms with Crippen LogP contribution in [0.3, 0.4) is 0 Å². The van der Waals surface area contributed by atoms with E-state index in [9.17, 15) is 13.2 Å². The second kappa shape index (κ2) is 9.58. The smallest absolute Gasteiger partial charge is 0.243 e. The molecule has 2 aromatic carbocycles. The Balaban J connectivity index is 1.53. The lowest BCUT2D eigenvalue weighted by atomic mass is 10.1. The van der Waals surface area contributed by atoms with Crippen LogP contribution in [0.15, 0.2) is 59.5 Å². The number of sulfonamides is 1. The fraction of sp³-hybridized carbons (Fsp3) is 0.381. The number of carbonyl (C=O) groups is 1. The first-order chi connectivity index (χ1) is 13.5. The normalized spacial score (nSPS) is 17.5. The quantitative estimate of drug-likeness (QED) is 0.610. The minimum atomic E-state index is -3.63. The number of ether oxygens (including phenoxy) is 1. The molecule has 0 bridgehead atoms. The zero-order valence-electron chi connectivity index (χ0n) is 15.9. The Morgan fingerprint density at radius 3 is 2.54 bits per heavy atom. The highest BCUT2D eigenvalue weighted by molar-refractivity contribution is 8.13. The summed E-state index contributed by atoms with van der Waals surface area (Å²) in [4.78, 5) is 12.9. The Hall–Kier alpha value is -1.83. The highest BCUT2D eigenvalue weighted by Crippen LogP contribution is 2.29.